The van der Waals surface area contributed by atoms with Crippen LogP contribution in [0.3, 0.4) is 0 Å². The molecule has 0 aromatic carbocycles. The minimum Gasteiger partial charge on any atom is -0.147 e. The average molecular weight is 261 g/mol. The van der Waals surface area contributed by atoms with Crippen LogP contribution in [0.15, 0.2) is 48.6 Å². The molecule has 2 rings (SSSR count). The third-order valence-corrected chi connectivity index (χ3v) is 1.31. The van der Waals surface area contributed by atoms with Crippen molar-refractivity contribution in [2.75, 3.05) is 0 Å². The summed E-state index contributed by atoms with van der Waals surface area (Å²) in [6.45, 7) is 0. The third-order valence-electron chi connectivity index (χ3n) is 1.31. The molecule has 0 aromatic rings. The zero-order chi connectivity index (χ0) is 7.07. The van der Waals surface area contributed by atoms with Crippen molar-refractivity contribution in [1.82, 2.24) is 0 Å². The molecule has 0 heterocycles. The molecule has 3 heteroatoms. The average Bonchev–Trinajstić information content (AvgIpc) is 2.67. The molecule has 0 nitrogen and oxygen atoms in total. The zero-order valence-corrected chi connectivity index (χ0v) is 9.94. The van der Waals surface area contributed by atoms with Crippen LogP contribution in [-0.2, 0) is 17.1 Å². The van der Waals surface area contributed by atoms with Crippen LogP contribution in [-0.4, -0.2) is 0 Å². The van der Waals surface area contributed by atoms with E-state index in [1.165, 1.54) is 0 Å². The zero-order valence-electron chi connectivity index (χ0n) is 7.20. The minimum atomic E-state index is 0. The molecule has 0 N–H and O–H groups in total. The molecule has 0 aromatic heterocycles. The van der Waals surface area contributed by atoms with Crippen LogP contribution < -0.4 is 0 Å². The topological polar surface area (TPSA) is 0 Å². The van der Waals surface area contributed by atoms with Crippen molar-refractivity contribution in [3.05, 3.63) is 48.6 Å². The molecule has 0 amide bonds. The predicted molar refractivity (Wildman–Crippen MR) is 60.3 cm³/mol. The van der Waals surface area contributed by atoms with Gasteiger partial charge in [0.25, 0.3) is 0 Å². The van der Waals surface area contributed by atoms with Crippen LogP contribution >= 0.6 is 24.8 Å². The first-order valence-corrected chi connectivity index (χ1v) is 3.63. The number of rotatable bonds is 0. The largest absolute Gasteiger partial charge is 0.147 e. The Balaban J connectivity index is -0.000000125. The molecule has 13 heavy (non-hydrogen) atoms. The number of allylic oxidation sites excluding steroid dienone is 8. The Hall–Kier alpha value is 0.0595. The van der Waals surface area contributed by atoms with E-state index in [9.17, 15) is 0 Å². The summed E-state index contributed by atoms with van der Waals surface area (Å²) in [5.41, 5.74) is 0. The van der Waals surface area contributed by atoms with Gasteiger partial charge in [0.15, 0.2) is 0 Å². The van der Waals surface area contributed by atoms with E-state index in [0.717, 1.165) is 12.8 Å². The van der Waals surface area contributed by atoms with E-state index in [0.29, 0.717) is 0 Å². The molecular weight excluding hydrogens is 247 g/mol. The molecule has 0 saturated heterocycles. The summed E-state index contributed by atoms with van der Waals surface area (Å²) in [4.78, 5) is 0. The Kier molecular flexibility index (Phi) is 21.0. The quantitative estimate of drug-likeness (QED) is 0.581. The maximum atomic E-state index is 2.12. The van der Waals surface area contributed by atoms with Gasteiger partial charge in [0, 0.05) is 17.1 Å². The molecule has 2 aliphatic carbocycles. The Labute approximate surface area is 103 Å². The number of hydrogen-bond acceptors (Lipinski definition) is 0. The van der Waals surface area contributed by atoms with Gasteiger partial charge in [-0.2, -0.15) is 0 Å². The van der Waals surface area contributed by atoms with Gasteiger partial charge in [0.2, 0.25) is 0 Å². The SMILES string of the molecule is C1=CCC=C1.C1=CCC=C1.Cl.Cl.[Fe]. The van der Waals surface area contributed by atoms with Gasteiger partial charge in [-0.15, -0.1) is 24.8 Å². The predicted octanol–water partition coefficient (Wildman–Crippen LogP) is 3.85. The fourth-order valence-corrected chi connectivity index (χ4v) is 0.786. The third kappa shape index (κ3) is 12.1. The standard InChI is InChI=1S/2C5H6.2ClH.Fe/c2*1-2-4-5-3-1;;;/h2*1-4H,5H2;2*1H;. The molecule has 0 bridgehead atoms. The summed E-state index contributed by atoms with van der Waals surface area (Å²) in [7, 11) is 0. The van der Waals surface area contributed by atoms with Crippen molar-refractivity contribution in [3.63, 3.8) is 0 Å². The number of hydrogen-bond donors (Lipinski definition) is 0. The van der Waals surface area contributed by atoms with Gasteiger partial charge in [-0.25, -0.2) is 0 Å². The van der Waals surface area contributed by atoms with E-state index < -0.39 is 0 Å². The smallest absolute Gasteiger partial charge is 0 e. The Bertz CT molecular complexity index is 151. The van der Waals surface area contributed by atoms with Crippen LogP contribution in [0, 0.1) is 0 Å². The normalized spacial score (nSPS) is 13.5. The van der Waals surface area contributed by atoms with Crippen molar-refractivity contribution in [2.45, 2.75) is 12.8 Å². The first-order valence-electron chi connectivity index (χ1n) is 3.63. The van der Waals surface area contributed by atoms with Crippen molar-refractivity contribution in [3.8, 4) is 0 Å². The summed E-state index contributed by atoms with van der Waals surface area (Å²) in [6.07, 6.45) is 19.0. The summed E-state index contributed by atoms with van der Waals surface area (Å²) >= 11 is 0. The maximum Gasteiger partial charge on any atom is 0 e. The summed E-state index contributed by atoms with van der Waals surface area (Å²) in [5.74, 6) is 0. The monoisotopic (exact) mass is 260 g/mol. The molecule has 0 atom stereocenters. The van der Waals surface area contributed by atoms with E-state index in [1.807, 2.05) is 0 Å². The van der Waals surface area contributed by atoms with Crippen LogP contribution in [0.25, 0.3) is 0 Å². The molecule has 2 aliphatic rings. The molecule has 0 unspecified atom stereocenters. The Morgan fingerprint density at radius 3 is 0.846 bits per heavy atom. The summed E-state index contributed by atoms with van der Waals surface area (Å²) in [6, 6.07) is 0. The van der Waals surface area contributed by atoms with E-state index in [1.54, 1.807) is 0 Å². The molecule has 0 spiro atoms. The molecule has 0 fully saturated rings. The van der Waals surface area contributed by atoms with Gasteiger partial charge >= 0.3 is 0 Å². The van der Waals surface area contributed by atoms with Gasteiger partial charge in [0.05, 0.1) is 0 Å². The van der Waals surface area contributed by atoms with E-state index in [2.05, 4.69) is 48.6 Å². The first-order chi connectivity index (χ1) is 5.00. The van der Waals surface area contributed by atoms with Crippen molar-refractivity contribution in [2.24, 2.45) is 0 Å². The van der Waals surface area contributed by atoms with Crippen LogP contribution in [0.5, 0.6) is 0 Å². The van der Waals surface area contributed by atoms with E-state index in [4.69, 9.17) is 0 Å². The summed E-state index contributed by atoms with van der Waals surface area (Å²) < 4.78 is 0. The van der Waals surface area contributed by atoms with Gasteiger partial charge in [0.1, 0.15) is 0 Å². The fourth-order valence-electron chi connectivity index (χ4n) is 0.786. The Morgan fingerprint density at radius 1 is 0.538 bits per heavy atom. The molecule has 76 valence electrons. The van der Waals surface area contributed by atoms with Crippen molar-refractivity contribution < 1.29 is 17.1 Å². The maximum absolute atomic E-state index is 2.12. The van der Waals surface area contributed by atoms with Gasteiger partial charge in [-0.1, -0.05) is 48.6 Å². The van der Waals surface area contributed by atoms with Crippen LogP contribution in [0.1, 0.15) is 12.8 Å². The Morgan fingerprint density at radius 2 is 0.769 bits per heavy atom. The summed E-state index contributed by atoms with van der Waals surface area (Å²) in [5, 5.41) is 0. The molecular formula is C10H14Cl2Fe. The van der Waals surface area contributed by atoms with Crippen molar-refractivity contribution >= 4 is 24.8 Å². The second kappa shape index (κ2) is 14.6. The molecule has 0 saturated carbocycles. The van der Waals surface area contributed by atoms with Gasteiger partial charge < -0.3 is 0 Å². The second-order valence-electron chi connectivity index (χ2n) is 2.18. The van der Waals surface area contributed by atoms with Gasteiger partial charge in [-0.05, 0) is 12.8 Å². The van der Waals surface area contributed by atoms with E-state index >= 15 is 0 Å². The van der Waals surface area contributed by atoms with Crippen LogP contribution in [0.4, 0.5) is 0 Å². The second-order valence-corrected chi connectivity index (χ2v) is 2.18. The number of halogens is 2. The van der Waals surface area contributed by atoms with Gasteiger partial charge in [-0.3, -0.25) is 0 Å². The molecule has 0 radical (unpaired) electrons. The minimum absolute atomic E-state index is 0. The first kappa shape index (κ1) is 18.8. The fraction of sp³-hybridized carbons (Fsp3) is 0.200. The van der Waals surface area contributed by atoms with Crippen LogP contribution in [0.2, 0.25) is 0 Å². The van der Waals surface area contributed by atoms with E-state index in [-0.39, 0.29) is 41.9 Å². The molecule has 0 aliphatic heterocycles. The van der Waals surface area contributed by atoms with Crippen molar-refractivity contribution in [1.29, 1.82) is 0 Å².